The summed E-state index contributed by atoms with van der Waals surface area (Å²) in [5.74, 6) is -1.01. The smallest absolute Gasteiger partial charge is 0.329 e. The third-order valence-corrected chi connectivity index (χ3v) is 5.08. The van der Waals surface area contributed by atoms with Gasteiger partial charge >= 0.3 is 5.97 Å². The molecule has 6 heteroatoms. The van der Waals surface area contributed by atoms with E-state index in [2.05, 4.69) is 37.2 Å². The van der Waals surface area contributed by atoms with Gasteiger partial charge in [0.05, 0.1) is 5.56 Å². The maximum absolute atomic E-state index is 12.4. The quantitative estimate of drug-likeness (QED) is 0.780. The third kappa shape index (κ3) is 3.66. The topological polar surface area (TPSA) is 66.4 Å². The van der Waals surface area contributed by atoms with Gasteiger partial charge in [0, 0.05) is 8.95 Å². The maximum atomic E-state index is 12.4. The Bertz CT molecular complexity index is 576. The largest absolute Gasteiger partial charge is 0.480 e. The van der Waals surface area contributed by atoms with Crippen molar-refractivity contribution in [3.8, 4) is 0 Å². The van der Waals surface area contributed by atoms with Gasteiger partial charge in [-0.3, -0.25) is 4.79 Å². The molecule has 114 valence electrons. The van der Waals surface area contributed by atoms with E-state index in [-0.39, 0.29) is 5.91 Å². The van der Waals surface area contributed by atoms with Crippen molar-refractivity contribution < 1.29 is 14.7 Å². The zero-order valence-electron chi connectivity index (χ0n) is 11.7. The number of carbonyl (C=O) groups is 2. The van der Waals surface area contributed by atoms with E-state index in [1.54, 1.807) is 18.2 Å². The number of benzene rings is 1. The Morgan fingerprint density at radius 2 is 2.10 bits per heavy atom. The average molecular weight is 419 g/mol. The second kappa shape index (κ2) is 6.48. The van der Waals surface area contributed by atoms with Crippen molar-refractivity contribution in [1.82, 2.24) is 5.32 Å². The van der Waals surface area contributed by atoms with Gasteiger partial charge < -0.3 is 10.4 Å². The average Bonchev–Trinajstić information content (AvgIpc) is 2.38. The molecule has 0 spiro atoms. The maximum Gasteiger partial charge on any atom is 0.329 e. The fraction of sp³-hybridized carbons (Fsp3) is 0.467. The standard InChI is InChI=1S/C15H17Br2NO3/c1-9-3-2-6-15(8-9,14(20)21)18-13(19)11-5-4-10(16)7-12(11)17/h4-5,7,9H,2-3,6,8H2,1H3,(H,18,19)(H,20,21). The van der Waals surface area contributed by atoms with E-state index in [0.29, 0.717) is 28.8 Å². The zero-order chi connectivity index (χ0) is 15.6. The lowest BCUT2D eigenvalue weighted by Crippen LogP contribution is -2.56. The Morgan fingerprint density at radius 1 is 1.38 bits per heavy atom. The van der Waals surface area contributed by atoms with E-state index in [1.165, 1.54) is 0 Å². The Hall–Kier alpha value is -0.880. The number of amides is 1. The number of nitrogens with one attached hydrogen (secondary N) is 1. The zero-order valence-corrected chi connectivity index (χ0v) is 14.8. The number of hydrogen-bond donors (Lipinski definition) is 2. The van der Waals surface area contributed by atoms with Crippen LogP contribution in [0.15, 0.2) is 27.1 Å². The minimum absolute atomic E-state index is 0.295. The van der Waals surface area contributed by atoms with Crippen LogP contribution in [0, 0.1) is 5.92 Å². The first kappa shape index (κ1) is 16.5. The first-order chi connectivity index (χ1) is 9.84. The summed E-state index contributed by atoms with van der Waals surface area (Å²) in [5, 5.41) is 12.3. The minimum Gasteiger partial charge on any atom is -0.480 e. The van der Waals surface area contributed by atoms with Gasteiger partial charge in [-0.05, 0) is 52.9 Å². The number of halogens is 2. The summed E-state index contributed by atoms with van der Waals surface area (Å²) in [6, 6.07) is 5.20. The van der Waals surface area contributed by atoms with E-state index < -0.39 is 11.5 Å². The van der Waals surface area contributed by atoms with Crippen LogP contribution in [0.1, 0.15) is 43.0 Å². The number of aliphatic carboxylic acids is 1. The predicted molar refractivity (Wildman–Crippen MR) is 87.3 cm³/mol. The molecule has 1 aromatic rings. The monoisotopic (exact) mass is 417 g/mol. The van der Waals surface area contributed by atoms with Gasteiger partial charge in [0.25, 0.3) is 5.91 Å². The lowest BCUT2D eigenvalue weighted by Gasteiger charge is -2.37. The Kier molecular flexibility index (Phi) is 5.09. The predicted octanol–water partition coefficient (Wildman–Crippen LogP) is 3.97. The number of carboxylic acids is 1. The van der Waals surface area contributed by atoms with Crippen LogP contribution < -0.4 is 5.32 Å². The van der Waals surface area contributed by atoms with Crippen LogP contribution in [-0.2, 0) is 4.79 Å². The van der Waals surface area contributed by atoms with Crippen LogP contribution in [0.25, 0.3) is 0 Å². The molecule has 4 nitrogen and oxygen atoms in total. The van der Waals surface area contributed by atoms with Crippen LogP contribution in [0.5, 0.6) is 0 Å². The molecule has 0 heterocycles. The molecular weight excluding hydrogens is 402 g/mol. The molecule has 1 amide bonds. The van der Waals surface area contributed by atoms with Crippen molar-refractivity contribution in [2.45, 2.75) is 38.1 Å². The van der Waals surface area contributed by atoms with Crippen LogP contribution in [-0.4, -0.2) is 22.5 Å². The van der Waals surface area contributed by atoms with Crippen LogP contribution in [0.2, 0.25) is 0 Å². The van der Waals surface area contributed by atoms with Crippen LogP contribution in [0.4, 0.5) is 0 Å². The highest BCUT2D eigenvalue weighted by atomic mass is 79.9. The van der Waals surface area contributed by atoms with Crippen molar-refractivity contribution in [3.05, 3.63) is 32.7 Å². The van der Waals surface area contributed by atoms with E-state index in [9.17, 15) is 14.7 Å². The van der Waals surface area contributed by atoms with Gasteiger partial charge in [-0.15, -0.1) is 0 Å². The van der Waals surface area contributed by atoms with Gasteiger partial charge in [-0.1, -0.05) is 35.7 Å². The van der Waals surface area contributed by atoms with Gasteiger partial charge in [0.2, 0.25) is 0 Å². The lowest BCUT2D eigenvalue weighted by atomic mass is 9.76. The summed E-state index contributed by atoms with van der Waals surface area (Å²) in [6.07, 6.45) is 2.77. The van der Waals surface area contributed by atoms with Crippen molar-refractivity contribution in [2.75, 3.05) is 0 Å². The summed E-state index contributed by atoms with van der Waals surface area (Å²) >= 11 is 6.67. The fourth-order valence-corrected chi connectivity index (χ4v) is 4.10. The van der Waals surface area contributed by atoms with Crippen molar-refractivity contribution in [1.29, 1.82) is 0 Å². The van der Waals surface area contributed by atoms with E-state index >= 15 is 0 Å². The molecular formula is C15H17Br2NO3. The Balaban J connectivity index is 2.24. The molecule has 2 rings (SSSR count). The van der Waals surface area contributed by atoms with Crippen molar-refractivity contribution in [3.63, 3.8) is 0 Å². The molecule has 0 saturated heterocycles. The SMILES string of the molecule is CC1CCCC(NC(=O)c2ccc(Br)cc2Br)(C(=O)O)C1. The Morgan fingerprint density at radius 3 is 2.67 bits per heavy atom. The molecule has 2 atom stereocenters. The number of rotatable bonds is 3. The summed E-state index contributed by atoms with van der Waals surface area (Å²) in [4.78, 5) is 24.1. The molecule has 1 fully saturated rings. The summed E-state index contributed by atoms with van der Waals surface area (Å²) in [5.41, 5.74) is -0.710. The molecule has 0 bridgehead atoms. The number of hydrogen-bond acceptors (Lipinski definition) is 2. The van der Waals surface area contributed by atoms with Gasteiger partial charge in [-0.25, -0.2) is 4.79 Å². The lowest BCUT2D eigenvalue weighted by molar-refractivity contribution is -0.146. The van der Waals surface area contributed by atoms with Gasteiger partial charge in [0.15, 0.2) is 0 Å². The summed E-state index contributed by atoms with van der Waals surface area (Å²) < 4.78 is 1.49. The molecule has 1 aromatic carbocycles. The molecule has 0 aromatic heterocycles. The molecule has 1 aliphatic carbocycles. The van der Waals surface area contributed by atoms with E-state index in [1.807, 2.05) is 6.92 Å². The minimum atomic E-state index is -1.15. The highest BCUT2D eigenvalue weighted by Crippen LogP contribution is 2.33. The highest BCUT2D eigenvalue weighted by Gasteiger charge is 2.43. The first-order valence-electron chi connectivity index (χ1n) is 6.85. The molecule has 2 N–H and O–H groups in total. The molecule has 21 heavy (non-hydrogen) atoms. The molecule has 0 aliphatic heterocycles. The van der Waals surface area contributed by atoms with Gasteiger partial charge in [-0.2, -0.15) is 0 Å². The highest BCUT2D eigenvalue weighted by molar-refractivity contribution is 9.11. The number of carbonyl (C=O) groups excluding carboxylic acids is 1. The fourth-order valence-electron chi connectivity index (χ4n) is 2.87. The number of carboxylic acid groups (broad SMARTS) is 1. The first-order valence-corrected chi connectivity index (χ1v) is 8.43. The molecule has 2 unspecified atom stereocenters. The molecule has 0 radical (unpaired) electrons. The van der Waals surface area contributed by atoms with Crippen LogP contribution in [0.3, 0.4) is 0 Å². The van der Waals surface area contributed by atoms with Crippen molar-refractivity contribution in [2.24, 2.45) is 5.92 Å². The van der Waals surface area contributed by atoms with Gasteiger partial charge in [0.1, 0.15) is 5.54 Å². The Labute approximate surface area is 140 Å². The summed E-state index contributed by atoms with van der Waals surface area (Å²) in [7, 11) is 0. The second-order valence-corrected chi connectivity index (χ2v) is 7.44. The van der Waals surface area contributed by atoms with Crippen LogP contribution >= 0.6 is 31.9 Å². The normalized spacial score (nSPS) is 25.4. The van der Waals surface area contributed by atoms with E-state index in [4.69, 9.17) is 0 Å². The van der Waals surface area contributed by atoms with Crippen molar-refractivity contribution >= 4 is 43.7 Å². The molecule has 1 aliphatic rings. The third-order valence-electron chi connectivity index (χ3n) is 3.94. The summed E-state index contributed by atoms with van der Waals surface area (Å²) in [6.45, 7) is 2.03. The molecule has 1 saturated carbocycles. The van der Waals surface area contributed by atoms with E-state index in [0.717, 1.165) is 17.3 Å². The second-order valence-electron chi connectivity index (χ2n) is 5.67.